The van der Waals surface area contributed by atoms with Crippen LogP contribution >= 0.6 is 0 Å². The van der Waals surface area contributed by atoms with Crippen molar-refractivity contribution in [3.8, 4) is 16.9 Å². The minimum atomic E-state index is 0.449. The average molecular weight is 239 g/mol. The Balaban J connectivity index is 1.89. The fourth-order valence-electron chi connectivity index (χ4n) is 2.06. The van der Waals surface area contributed by atoms with E-state index in [0.29, 0.717) is 6.10 Å². The smallest absolute Gasteiger partial charge is 0.119 e. The molecule has 1 fully saturated rings. The molecule has 0 atom stereocenters. The van der Waals surface area contributed by atoms with Crippen LogP contribution in [0.3, 0.4) is 0 Å². The fourth-order valence-corrected chi connectivity index (χ4v) is 2.06. The van der Waals surface area contributed by atoms with Crippen LogP contribution < -0.4 is 10.5 Å². The highest BCUT2D eigenvalue weighted by molar-refractivity contribution is 5.72. The average Bonchev–Trinajstić information content (AvgIpc) is 3.18. The van der Waals surface area contributed by atoms with Crippen molar-refractivity contribution in [2.45, 2.75) is 25.9 Å². The van der Waals surface area contributed by atoms with E-state index in [9.17, 15) is 0 Å². The summed E-state index contributed by atoms with van der Waals surface area (Å²) < 4.78 is 5.75. The van der Waals surface area contributed by atoms with Crippen LogP contribution in [0, 0.1) is 6.92 Å². The molecule has 92 valence electrons. The maximum absolute atomic E-state index is 5.94. The van der Waals surface area contributed by atoms with Crippen LogP contribution in [0.5, 0.6) is 5.75 Å². The van der Waals surface area contributed by atoms with Gasteiger partial charge in [-0.1, -0.05) is 24.3 Å². The molecule has 2 aromatic carbocycles. The second kappa shape index (κ2) is 4.37. The zero-order valence-electron chi connectivity index (χ0n) is 10.5. The number of benzene rings is 2. The van der Waals surface area contributed by atoms with E-state index in [1.807, 2.05) is 24.3 Å². The zero-order chi connectivity index (χ0) is 12.5. The summed E-state index contributed by atoms with van der Waals surface area (Å²) in [5.74, 6) is 0.961. The molecule has 2 heteroatoms. The van der Waals surface area contributed by atoms with Gasteiger partial charge in [0, 0.05) is 5.69 Å². The molecular weight excluding hydrogens is 222 g/mol. The summed E-state index contributed by atoms with van der Waals surface area (Å²) in [7, 11) is 0. The molecule has 2 nitrogen and oxygen atoms in total. The van der Waals surface area contributed by atoms with Crippen LogP contribution in [0.25, 0.3) is 11.1 Å². The molecule has 2 N–H and O–H groups in total. The number of nitrogens with two attached hydrogens (primary N) is 1. The van der Waals surface area contributed by atoms with Crippen LogP contribution in [-0.2, 0) is 0 Å². The molecule has 0 aliphatic heterocycles. The highest BCUT2D eigenvalue weighted by atomic mass is 16.5. The van der Waals surface area contributed by atoms with Gasteiger partial charge in [0.15, 0.2) is 0 Å². The predicted octanol–water partition coefficient (Wildman–Crippen LogP) is 3.79. The third kappa shape index (κ3) is 2.19. The predicted molar refractivity (Wildman–Crippen MR) is 74.7 cm³/mol. The van der Waals surface area contributed by atoms with E-state index in [4.69, 9.17) is 10.5 Å². The summed E-state index contributed by atoms with van der Waals surface area (Å²) >= 11 is 0. The minimum absolute atomic E-state index is 0.449. The Bertz CT molecular complexity index is 556. The fraction of sp³-hybridized carbons (Fsp3) is 0.250. The molecule has 0 bridgehead atoms. The Kier molecular flexibility index (Phi) is 2.71. The lowest BCUT2D eigenvalue weighted by Gasteiger charge is -2.10. The van der Waals surface area contributed by atoms with Gasteiger partial charge >= 0.3 is 0 Å². The molecule has 0 amide bonds. The maximum Gasteiger partial charge on any atom is 0.119 e. The second-order valence-corrected chi connectivity index (χ2v) is 4.86. The molecule has 0 unspecified atom stereocenters. The van der Waals surface area contributed by atoms with Gasteiger partial charge in [0.1, 0.15) is 5.75 Å². The minimum Gasteiger partial charge on any atom is -0.490 e. The molecule has 1 aliphatic rings. The van der Waals surface area contributed by atoms with Gasteiger partial charge < -0.3 is 10.5 Å². The molecule has 0 saturated heterocycles. The maximum atomic E-state index is 5.94. The van der Waals surface area contributed by atoms with Crippen LogP contribution in [0.15, 0.2) is 42.5 Å². The normalized spacial score (nSPS) is 14.5. The van der Waals surface area contributed by atoms with Gasteiger partial charge in [-0.3, -0.25) is 0 Å². The number of ether oxygens (including phenoxy) is 1. The third-order valence-corrected chi connectivity index (χ3v) is 3.37. The quantitative estimate of drug-likeness (QED) is 0.827. The van der Waals surface area contributed by atoms with E-state index in [-0.39, 0.29) is 0 Å². The number of hydrogen-bond acceptors (Lipinski definition) is 2. The van der Waals surface area contributed by atoms with E-state index in [1.54, 1.807) is 0 Å². The highest BCUT2D eigenvalue weighted by Gasteiger charge is 2.23. The summed E-state index contributed by atoms with van der Waals surface area (Å²) in [6.07, 6.45) is 2.83. The van der Waals surface area contributed by atoms with Crippen molar-refractivity contribution in [1.82, 2.24) is 0 Å². The lowest BCUT2D eigenvalue weighted by molar-refractivity contribution is 0.303. The molecule has 0 aromatic heterocycles. The standard InChI is InChI=1S/C16H17NO/c1-11-15(3-2-4-16(11)17)12-5-7-13(8-6-12)18-14-9-10-14/h2-8,14H,9-10,17H2,1H3. The first kappa shape index (κ1) is 11.1. The van der Waals surface area contributed by atoms with Crippen molar-refractivity contribution in [2.75, 3.05) is 5.73 Å². The number of hydrogen-bond donors (Lipinski definition) is 1. The molecule has 0 spiro atoms. The Morgan fingerprint density at radius 2 is 1.78 bits per heavy atom. The molecule has 1 saturated carbocycles. The van der Waals surface area contributed by atoms with Crippen LogP contribution in [0.2, 0.25) is 0 Å². The topological polar surface area (TPSA) is 35.2 Å². The van der Waals surface area contributed by atoms with Gasteiger partial charge in [-0.2, -0.15) is 0 Å². The van der Waals surface area contributed by atoms with Crippen molar-refractivity contribution in [3.05, 3.63) is 48.0 Å². The second-order valence-electron chi connectivity index (χ2n) is 4.86. The Hall–Kier alpha value is -1.96. The van der Waals surface area contributed by atoms with Crippen molar-refractivity contribution < 1.29 is 4.74 Å². The van der Waals surface area contributed by atoms with Gasteiger partial charge in [-0.15, -0.1) is 0 Å². The van der Waals surface area contributed by atoms with Gasteiger partial charge in [-0.25, -0.2) is 0 Å². The van der Waals surface area contributed by atoms with Crippen LogP contribution in [0.1, 0.15) is 18.4 Å². The summed E-state index contributed by atoms with van der Waals surface area (Å²) in [4.78, 5) is 0. The van der Waals surface area contributed by atoms with E-state index in [2.05, 4.69) is 25.1 Å². The lowest BCUT2D eigenvalue weighted by Crippen LogP contribution is -1.95. The van der Waals surface area contributed by atoms with Gasteiger partial charge in [-0.05, 0) is 54.7 Å². The van der Waals surface area contributed by atoms with E-state index >= 15 is 0 Å². The van der Waals surface area contributed by atoms with Crippen molar-refractivity contribution in [2.24, 2.45) is 0 Å². The first-order valence-electron chi connectivity index (χ1n) is 6.36. The SMILES string of the molecule is Cc1c(N)cccc1-c1ccc(OC2CC2)cc1. The van der Waals surface area contributed by atoms with Crippen molar-refractivity contribution in [3.63, 3.8) is 0 Å². The number of nitrogen functional groups attached to an aromatic ring is 1. The van der Waals surface area contributed by atoms with Gasteiger partial charge in [0.2, 0.25) is 0 Å². The molecule has 18 heavy (non-hydrogen) atoms. The number of anilines is 1. The number of rotatable bonds is 3. The van der Waals surface area contributed by atoms with E-state index in [1.165, 1.54) is 24.0 Å². The molecule has 3 rings (SSSR count). The van der Waals surface area contributed by atoms with Crippen LogP contribution in [0.4, 0.5) is 5.69 Å². The highest BCUT2D eigenvalue weighted by Crippen LogP contribution is 2.30. The monoisotopic (exact) mass is 239 g/mol. The Labute approximate surface area is 107 Å². The third-order valence-electron chi connectivity index (χ3n) is 3.37. The molecule has 2 aromatic rings. The Morgan fingerprint density at radius 1 is 1.06 bits per heavy atom. The zero-order valence-corrected chi connectivity index (χ0v) is 10.5. The summed E-state index contributed by atoms with van der Waals surface area (Å²) in [5.41, 5.74) is 10.3. The summed E-state index contributed by atoms with van der Waals surface area (Å²) in [6.45, 7) is 2.05. The van der Waals surface area contributed by atoms with E-state index < -0.39 is 0 Å². The molecular formula is C16H17NO. The largest absolute Gasteiger partial charge is 0.490 e. The van der Waals surface area contributed by atoms with Crippen LogP contribution in [-0.4, -0.2) is 6.10 Å². The van der Waals surface area contributed by atoms with E-state index in [0.717, 1.165) is 17.0 Å². The summed E-state index contributed by atoms with van der Waals surface area (Å²) in [6, 6.07) is 14.3. The first-order valence-corrected chi connectivity index (χ1v) is 6.36. The van der Waals surface area contributed by atoms with Gasteiger partial charge in [0.25, 0.3) is 0 Å². The Morgan fingerprint density at radius 3 is 2.44 bits per heavy atom. The summed E-state index contributed by atoms with van der Waals surface area (Å²) in [5, 5.41) is 0. The van der Waals surface area contributed by atoms with Crippen molar-refractivity contribution >= 4 is 5.69 Å². The molecule has 0 radical (unpaired) electrons. The molecule has 0 heterocycles. The first-order chi connectivity index (χ1) is 8.74. The molecule has 1 aliphatic carbocycles. The van der Waals surface area contributed by atoms with Gasteiger partial charge in [0.05, 0.1) is 6.10 Å². The van der Waals surface area contributed by atoms with Crippen molar-refractivity contribution in [1.29, 1.82) is 0 Å². The lowest BCUT2D eigenvalue weighted by atomic mass is 9.99.